The minimum atomic E-state index is -2.26. The Morgan fingerprint density at radius 2 is 1.52 bits per heavy atom. The van der Waals surface area contributed by atoms with E-state index < -0.39 is 53.0 Å². The molecule has 4 nitrogen and oxygen atoms in total. The molecular weight excluding hydrogens is 373 g/mol. The number of fused-ring (bicyclic) bond motifs is 1. The Morgan fingerprint density at radius 1 is 0.963 bits per heavy atom. The van der Waals surface area contributed by atoms with E-state index in [1.807, 2.05) is 0 Å². The average molecular weight is 387 g/mol. The third-order valence-electron chi connectivity index (χ3n) is 4.08. The van der Waals surface area contributed by atoms with Gasteiger partial charge < -0.3 is 14.8 Å². The maximum Gasteiger partial charge on any atom is 0.225 e. The van der Waals surface area contributed by atoms with Crippen LogP contribution in [0.4, 0.5) is 22.0 Å². The summed E-state index contributed by atoms with van der Waals surface area (Å²) in [6, 6.07) is 4.35. The normalized spacial score (nSPS) is 14.0. The highest BCUT2D eigenvalue weighted by Gasteiger charge is 2.27. The molecule has 1 atom stereocenters. The van der Waals surface area contributed by atoms with Crippen LogP contribution < -0.4 is 14.8 Å². The monoisotopic (exact) mass is 387 g/mol. The molecule has 9 heteroatoms. The summed E-state index contributed by atoms with van der Waals surface area (Å²) in [6.07, 6.45) is -0.999. The highest BCUT2D eigenvalue weighted by Crippen LogP contribution is 2.32. The maximum absolute atomic E-state index is 13.7. The first-order valence-corrected chi connectivity index (χ1v) is 7.98. The van der Waals surface area contributed by atoms with Crippen molar-refractivity contribution in [2.24, 2.45) is 0 Å². The molecule has 0 fully saturated rings. The van der Waals surface area contributed by atoms with Gasteiger partial charge in [-0.25, -0.2) is 22.0 Å². The molecule has 1 amide bonds. The topological polar surface area (TPSA) is 47.6 Å². The van der Waals surface area contributed by atoms with Gasteiger partial charge in [0.1, 0.15) is 13.2 Å². The second kappa shape index (κ2) is 7.42. The van der Waals surface area contributed by atoms with E-state index >= 15 is 0 Å². The van der Waals surface area contributed by atoms with Gasteiger partial charge in [0.15, 0.2) is 34.8 Å². The summed E-state index contributed by atoms with van der Waals surface area (Å²) in [5, 5.41) is 2.45. The minimum Gasteiger partial charge on any atom is -0.486 e. The lowest BCUT2D eigenvalue weighted by atomic mass is 10.1. The molecule has 1 unspecified atom stereocenters. The van der Waals surface area contributed by atoms with E-state index in [1.54, 1.807) is 25.1 Å². The minimum absolute atomic E-state index is 0.372. The van der Waals surface area contributed by atoms with E-state index in [4.69, 9.17) is 9.47 Å². The second-order valence-corrected chi connectivity index (χ2v) is 5.92. The Labute approximate surface area is 150 Å². The Hall–Kier alpha value is -2.84. The van der Waals surface area contributed by atoms with Crippen molar-refractivity contribution in [1.82, 2.24) is 5.32 Å². The molecule has 0 bridgehead atoms. The second-order valence-electron chi connectivity index (χ2n) is 5.92. The summed E-state index contributed by atoms with van der Waals surface area (Å²) in [6.45, 7) is 2.39. The van der Waals surface area contributed by atoms with E-state index in [0.717, 1.165) is 0 Å². The zero-order valence-electron chi connectivity index (χ0n) is 14.0. The van der Waals surface area contributed by atoms with Gasteiger partial charge in [-0.3, -0.25) is 4.79 Å². The smallest absolute Gasteiger partial charge is 0.225 e. The molecule has 0 radical (unpaired) electrons. The van der Waals surface area contributed by atoms with Gasteiger partial charge in [-0.1, -0.05) is 6.07 Å². The van der Waals surface area contributed by atoms with Crippen LogP contribution >= 0.6 is 0 Å². The summed E-state index contributed by atoms with van der Waals surface area (Å²) in [5.41, 5.74) is -0.566. The molecule has 0 spiro atoms. The largest absolute Gasteiger partial charge is 0.486 e. The molecule has 1 N–H and O–H groups in total. The number of benzene rings is 2. The van der Waals surface area contributed by atoms with Crippen LogP contribution in [-0.4, -0.2) is 19.1 Å². The van der Waals surface area contributed by atoms with Crippen LogP contribution in [0, 0.1) is 29.1 Å². The zero-order valence-corrected chi connectivity index (χ0v) is 14.0. The Bertz CT molecular complexity index is 874. The van der Waals surface area contributed by atoms with Crippen molar-refractivity contribution in [3.8, 4) is 11.5 Å². The molecule has 0 saturated carbocycles. The molecule has 2 aromatic carbocycles. The van der Waals surface area contributed by atoms with Crippen molar-refractivity contribution in [2.45, 2.75) is 19.4 Å². The van der Waals surface area contributed by atoms with Gasteiger partial charge in [0.25, 0.3) is 0 Å². The molecule has 1 aliphatic rings. The van der Waals surface area contributed by atoms with E-state index in [-0.39, 0.29) is 0 Å². The van der Waals surface area contributed by atoms with Crippen LogP contribution in [-0.2, 0) is 11.2 Å². The van der Waals surface area contributed by atoms with Crippen LogP contribution in [0.2, 0.25) is 0 Å². The first kappa shape index (κ1) is 18.9. The summed E-state index contributed by atoms with van der Waals surface area (Å²) in [5.74, 6) is -10.3. The molecule has 3 rings (SSSR count). The number of ether oxygens (including phenoxy) is 2. The van der Waals surface area contributed by atoms with Gasteiger partial charge >= 0.3 is 0 Å². The predicted molar refractivity (Wildman–Crippen MR) is 83.9 cm³/mol. The number of halogens is 5. The predicted octanol–water partition coefficient (Wildman–Crippen LogP) is 3.57. The van der Waals surface area contributed by atoms with Crippen LogP contribution in [0.15, 0.2) is 18.2 Å². The molecule has 2 aromatic rings. The van der Waals surface area contributed by atoms with Crippen LogP contribution in [0.1, 0.15) is 24.1 Å². The maximum atomic E-state index is 13.7. The van der Waals surface area contributed by atoms with Gasteiger partial charge in [0, 0.05) is 5.56 Å². The lowest BCUT2D eigenvalue weighted by Crippen LogP contribution is -2.29. The molecule has 1 heterocycles. The molecule has 0 saturated heterocycles. The van der Waals surface area contributed by atoms with E-state index in [0.29, 0.717) is 30.3 Å². The standard InChI is InChI=1S/C18H14F5NO3/c1-8(9-2-3-11-12(6-9)27-5-4-26-11)24-13(25)7-10-14(19)16(21)18(23)17(22)15(10)20/h2-3,6,8H,4-5,7H2,1H3,(H,24,25). The van der Waals surface area contributed by atoms with Gasteiger partial charge in [-0.05, 0) is 24.6 Å². The number of nitrogens with one attached hydrogen (secondary N) is 1. The van der Waals surface area contributed by atoms with Gasteiger partial charge in [0.2, 0.25) is 11.7 Å². The third-order valence-corrected chi connectivity index (χ3v) is 4.08. The van der Waals surface area contributed by atoms with Crippen LogP contribution in [0.25, 0.3) is 0 Å². The molecule has 1 aliphatic heterocycles. The van der Waals surface area contributed by atoms with Gasteiger partial charge in [-0.2, -0.15) is 0 Å². The first-order chi connectivity index (χ1) is 12.8. The molecular formula is C18H14F5NO3. The first-order valence-electron chi connectivity index (χ1n) is 7.98. The number of rotatable bonds is 4. The SMILES string of the molecule is CC(NC(=O)Cc1c(F)c(F)c(F)c(F)c1F)c1ccc2c(c1)OCCO2. The number of hydrogen-bond acceptors (Lipinski definition) is 3. The molecule has 0 aromatic heterocycles. The summed E-state index contributed by atoms with van der Waals surface area (Å²) < 4.78 is 77.7. The van der Waals surface area contributed by atoms with Crippen molar-refractivity contribution in [1.29, 1.82) is 0 Å². The molecule has 0 aliphatic carbocycles. The number of carbonyl (C=O) groups excluding carboxylic acids is 1. The van der Waals surface area contributed by atoms with Crippen molar-refractivity contribution in [3.63, 3.8) is 0 Å². The van der Waals surface area contributed by atoms with Gasteiger partial charge in [0.05, 0.1) is 12.5 Å². The van der Waals surface area contributed by atoms with E-state index in [2.05, 4.69) is 5.32 Å². The average Bonchev–Trinajstić information content (AvgIpc) is 2.67. The van der Waals surface area contributed by atoms with Crippen molar-refractivity contribution in [3.05, 3.63) is 58.4 Å². The Morgan fingerprint density at radius 3 is 2.15 bits per heavy atom. The molecule has 144 valence electrons. The fraction of sp³-hybridized carbons (Fsp3) is 0.278. The van der Waals surface area contributed by atoms with Crippen molar-refractivity contribution < 1.29 is 36.2 Å². The fourth-order valence-electron chi connectivity index (χ4n) is 2.67. The number of carbonyl (C=O) groups is 1. The lowest BCUT2D eigenvalue weighted by molar-refractivity contribution is -0.121. The quantitative estimate of drug-likeness (QED) is 0.496. The zero-order chi connectivity index (χ0) is 19.7. The van der Waals surface area contributed by atoms with Crippen molar-refractivity contribution in [2.75, 3.05) is 13.2 Å². The molecule has 27 heavy (non-hydrogen) atoms. The highest BCUT2D eigenvalue weighted by molar-refractivity contribution is 5.79. The van der Waals surface area contributed by atoms with Gasteiger partial charge in [-0.15, -0.1) is 0 Å². The highest BCUT2D eigenvalue weighted by atomic mass is 19.2. The Balaban J connectivity index is 1.75. The summed E-state index contributed by atoms with van der Waals surface area (Å²) in [7, 11) is 0. The summed E-state index contributed by atoms with van der Waals surface area (Å²) >= 11 is 0. The number of amides is 1. The van der Waals surface area contributed by atoms with Crippen molar-refractivity contribution >= 4 is 5.91 Å². The third kappa shape index (κ3) is 3.67. The van der Waals surface area contributed by atoms with Crippen LogP contribution in [0.3, 0.4) is 0 Å². The number of hydrogen-bond donors (Lipinski definition) is 1. The summed E-state index contributed by atoms with van der Waals surface area (Å²) in [4.78, 5) is 12.1. The fourth-order valence-corrected chi connectivity index (χ4v) is 2.67. The lowest BCUT2D eigenvalue weighted by Gasteiger charge is -2.21. The Kier molecular flexibility index (Phi) is 5.20. The van der Waals surface area contributed by atoms with E-state index in [9.17, 15) is 26.7 Å². The van der Waals surface area contributed by atoms with E-state index in [1.165, 1.54) is 0 Å². The van der Waals surface area contributed by atoms with Crippen LogP contribution in [0.5, 0.6) is 11.5 Å².